The summed E-state index contributed by atoms with van der Waals surface area (Å²) in [5.74, 6) is -0.425. The zero-order valence-electron chi connectivity index (χ0n) is 20.4. The molecule has 2 aromatic carbocycles. The minimum atomic E-state index is -3.68. The number of carbonyl (C=O) groups excluding carboxylic acids is 2. The highest BCUT2D eigenvalue weighted by atomic mass is 32.2. The van der Waals surface area contributed by atoms with E-state index in [4.69, 9.17) is 9.47 Å². The fourth-order valence-electron chi connectivity index (χ4n) is 4.10. The van der Waals surface area contributed by atoms with E-state index in [0.29, 0.717) is 49.0 Å². The van der Waals surface area contributed by atoms with Crippen LogP contribution < -0.4 is 14.4 Å². The number of nitrogens with zero attached hydrogens (tertiary/aromatic N) is 2. The van der Waals surface area contributed by atoms with Crippen molar-refractivity contribution in [3.63, 3.8) is 0 Å². The zero-order valence-corrected chi connectivity index (χ0v) is 21.2. The Morgan fingerprint density at radius 3 is 2.40 bits per heavy atom. The number of para-hydroxylation sites is 1. The molecule has 2 aliphatic rings. The first kappa shape index (κ1) is 25.0. The molecular formula is C25H31N3O6S. The molecule has 10 heteroatoms. The first-order valence-corrected chi connectivity index (χ1v) is 13.4. The van der Waals surface area contributed by atoms with E-state index < -0.39 is 22.0 Å². The van der Waals surface area contributed by atoms with E-state index in [0.717, 1.165) is 11.8 Å². The van der Waals surface area contributed by atoms with Gasteiger partial charge in [-0.25, -0.2) is 8.42 Å². The third-order valence-electron chi connectivity index (χ3n) is 6.10. The van der Waals surface area contributed by atoms with Crippen LogP contribution in [0.15, 0.2) is 42.5 Å². The standard InChI is InChI=1S/C25H31N3O6S/c1-25(2,3)17-9-10-21-20(15-17)28(35(4,31)32)16-22(34-21)23(29)26-19-8-6-5-7-18(19)24(30)27-11-13-33-14-12-27/h5-10,15,22H,11-14,16H2,1-4H3,(H,26,29). The van der Waals surface area contributed by atoms with Crippen molar-refractivity contribution < 1.29 is 27.5 Å². The van der Waals surface area contributed by atoms with E-state index in [2.05, 4.69) is 5.32 Å². The van der Waals surface area contributed by atoms with E-state index in [-0.39, 0.29) is 17.9 Å². The third kappa shape index (κ3) is 5.43. The normalized spacial score (nSPS) is 18.5. The number of amides is 2. The summed E-state index contributed by atoms with van der Waals surface area (Å²) in [7, 11) is -3.68. The number of fused-ring (bicyclic) bond motifs is 1. The van der Waals surface area contributed by atoms with Crippen molar-refractivity contribution in [3.05, 3.63) is 53.6 Å². The Balaban J connectivity index is 1.59. The Bertz CT molecular complexity index is 1230. The second kappa shape index (κ2) is 9.50. The van der Waals surface area contributed by atoms with Crippen LogP contribution in [0, 0.1) is 0 Å². The van der Waals surface area contributed by atoms with Crippen LogP contribution in [0.2, 0.25) is 0 Å². The topological polar surface area (TPSA) is 105 Å². The van der Waals surface area contributed by atoms with Gasteiger partial charge in [0.25, 0.3) is 11.8 Å². The van der Waals surface area contributed by atoms with Gasteiger partial charge in [-0.1, -0.05) is 39.0 Å². The first-order chi connectivity index (χ1) is 16.4. The molecule has 188 valence electrons. The summed E-state index contributed by atoms with van der Waals surface area (Å²) in [6, 6.07) is 12.1. The smallest absolute Gasteiger partial charge is 0.267 e. The van der Waals surface area contributed by atoms with Gasteiger partial charge >= 0.3 is 0 Å². The lowest BCUT2D eigenvalue weighted by Gasteiger charge is -2.35. The highest BCUT2D eigenvalue weighted by molar-refractivity contribution is 7.92. The van der Waals surface area contributed by atoms with E-state index in [9.17, 15) is 18.0 Å². The van der Waals surface area contributed by atoms with Gasteiger partial charge in [-0.05, 0) is 35.2 Å². The van der Waals surface area contributed by atoms with Crippen molar-refractivity contribution in [2.45, 2.75) is 32.3 Å². The van der Waals surface area contributed by atoms with Crippen molar-refractivity contribution in [1.82, 2.24) is 4.90 Å². The molecule has 0 bridgehead atoms. The highest BCUT2D eigenvalue weighted by Crippen LogP contribution is 2.38. The number of carbonyl (C=O) groups is 2. The summed E-state index contributed by atoms with van der Waals surface area (Å²) in [6.07, 6.45) is 0.0150. The Labute approximate surface area is 206 Å². The number of anilines is 2. The largest absolute Gasteiger partial charge is 0.476 e. The van der Waals surface area contributed by atoms with Crippen LogP contribution >= 0.6 is 0 Å². The van der Waals surface area contributed by atoms with Gasteiger partial charge in [0.15, 0.2) is 6.10 Å². The lowest BCUT2D eigenvalue weighted by molar-refractivity contribution is -0.122. The van der Waals surface area contributed by atoms with Gasteiger partial charge in [0.1, 0.15) is 5.75 Å². The average molecular weight is 502 g/mol. The lowest BCUT2D eigenvalue weighted by atomic mass is 9.86. The van der Waals surface area contributed by atoms with Gasteiger partial charge in [0.05, 0.1) is 43.0 Å². The molecule has 2 aromatic rings. The molecule has 0 spiro atoms. The van der Waals surface area contributed by atoms with Crippen molar-refractivity contribution in [2.24, 2.45) is 0 Å². The molecule has 2 amide bonds. The summed E-state index contributed by atoms with van der Waals surface area (Å²) >= 11 is 0. The number of sulfonamides is 1. The molecule has 4 rings (SSSR count). The number of hydrogen-bond acceptors (Lipinski definition) is 6. The molecular weight excluding hydrogens is 470 g/mol. The summed E-state index contributed by atoms with van der Waals surface area (Å²) in [6.45, 7) is 7.82. The molecule has 35 heavy (non-hydrogen) atoms. The molecule has 0 saturated carbocycles. The van der Waals surface area contributed by atoms with Crippen LogP contribution in [0.5, 0.6) is 5.75 Å². The van der Waals surface area contributed by atoms with Crippen molar-refractivity contribution >= 4 is 33.2 Å². The van der Waals surface area contributed by atoms with Crippen LogP contribution in [0.3, 0.4) is 0 Å². The summed E-state index contributed by atoms with van der Waals surface area (Å²) in [5.41, 5.74) is 1.87. The maximum Gasteiger partial charge on any atom is 0.267 e. The number of benzene rings is 2. The second-order valence-electron chi connectivity index (χ2n) is 9.77. The number of ether oxygens (including phenoxy) is 2. The molecule has 2 aliphatic heterocycles. The summed E-state index contributed by atoms with van der Waals surface area (Å²) in [4.78, 5) is 27.9. The Kier molecular flexibility index (Phi) is 6.79. The third-order valence-corrected chi connectivity index (χ3v) is 7.25. The second-order valence-corrected chi connectivity index (χ2v) is 11.7. The van der Waals surface area contributed by atoms with Crippen LogP contribution in [-0.2, 0) is 25.0 Å². The van der Waals surface area contributed by atoms with E-state index in [1.807, 2.05) is 26.8 Å². The molecule has 0 radical (unpaired) electrons. The van der Waals surface area contributed by atoms with Crippen molar-refractivity contribution in [3.8, 4) is 5.75 Å². The van der Waals surface area contributed by atoms with E-state index in [1.165, 1.54) is 4.31 Å². The monoisotopic (exact) mass is 501 g/mol. The van der Waals surface area contributed by atoms with Gasteiger partial charge in [-0.3, -0.25) is 13.9 Å². The van der Waals surface area contributed by atoms with Crippen LogP contribution in [0.25, 0.3) is 0 Å². The minimum Gasteiger partial charge on any atom is -0.476 e. The minimum absolute atomic E-state index is 0.176. The predicted molar refractivity (Wildman–Crippen MR) is 134 cm³/mol. The van der Waals surface area contributed by atoms with Gasteiger partial charge in [0, 0.05) is 13.1 Å². The molecule has 1 saturated heterocycles. The van der Waals surface area contributed by atoms with Gasteiger partial charge in [-0.15, -0.1) is 0 Å². The van der Waals surface area contributed by atoms with Crippen LogP contribution in [-0.4, -0.2) is 70.3 Å². The Morgan fingerprint density at radius 1 is 1.06 bits per heavy atom. The van der Waals surface area contributed by atoms with Crippen molar-refractivity contribution in [2.75, 3.05) is 48.7 Å². The van der Waals surface area contributed by atoms with Crippen molar-refractivity contribution in [1.29, 1.82) is 0 Å². The fraction of sp³-hybridized carbons (Fsp3) is 0.440. The molecule has 0 aliphatic carbocycles. The molecule has 1 N–H and O–H groups in total. The zero-order chi connectivity index (χ0) is 25.4. The number of nitrogens with one attached hydrogen (secondary N) is 1. The SMILES string of the molecule is CC(C)(C)c1ccc2c(c1)N(S(C)(=O)=O)CC(C(=O)Nc1ccccc1C(=O)N1CCOCC1)O2. The number of rotatable bonds is 4. The van der Waals surface area contributed by atoms with Crippen LogP contribution in [0.4, 0.5) is 11.4 Å². The molecule has 1 fully saturated rings. The highest BCUT2D eigenvalue weighted by Gasteiger charge is 2.36. The van der Waals surface area contributed by atoms with Gasteiger partial charge in [0.2, 0.25) is 10.0 Å². The first-order valence-electron chi connectivity index (χ1n) is 11.5. The molecule has 1 atom stereocenters. The maximum atomic E-state index is 13.2. The van der Waals surface area contributed by atoms with E-state index >= 15 is 0 Å². The van der Waals surface area contributed by atoms with E-state index in [1.54, 1.807) is 41.3 Å². The molecule has 9 nitrogen and oxygen atoms in total. The fourth-order valence-corrected chi connectivity index (χ4v) is 5.00. The molecule has 0 aromatic heterocycles. The predicted octanol–water partition coefficient (Wildman–Crippen LogP) is 2.62. The molecule has 1 unspecified atom stereocenters. The number of morpholine rings is 1. The maximum absolute atomic E-state index is 13.2. The lowest BCUT2D eigenvalue weighted by Crippen LogP contribution is -2.48. The Hall–Kier alpha value is -3.11. The molecule has 2 heterocycles. The van der Waals surface area contributed by atoms with Gasteiger partial charge < -0.3 is 19.7 Å². The summed E-state index contributed by atoms with van der Waals surface area (Å²) < 4.78 is 37.7. The van der Waals surface area contributed by atoms with Gasteiger partial charge in [-0.2, -0.15) is 0 Å². The van der Waals surface area contributed by atoms with Crippen LogP contribution in [0.1, 0.15) is 36.7 Å². The summed E-state index contributed by atoms with van der Waals surface area (Å²) in [5, 5.41) is 2.77. The average Bonchev–Trinajstić information content (AvgIpc) is 2.82. The number of hydrogen-bond donors (Lipinski definition) is 1. The quantitative estimate of drug-likeness (QED) is 0.691. The Morgan fingerprint density at radius 2 is 1.74 bits per heavy atom.